The maximum Gasteiger partial charge on any atom is 0.352 e. The van der Waals surface area contributed by atoms with Gasteiger partial charge in [-0.2, -0.15) is 0 Å². The largest absolute Gasteiger partial charge is 0.504 e. The minimum atomic E-state index is -1.51. The molecule has 1 aromatic heterocycles. The number of aliphatic hydroxyl groups is 5. The maximum absolute atomic E-state index is 12.7. The number of ether oxygens (including phenoxy) is 5. The van der Waals surface area contributed by atoms with Gasteiger partial charge in [0.1, 0.15) is 92.1 Å². The van der Waals surface area contributed by atoms with Crippen LogP contribution in [0.1, 0.15) is 32.0 Å². The Bertz CT molecular complexity index is 2320. The third-order valence-electron chi connectivity index (χ3n) is 10.6. The lowest BCUT2D eigenvalue weighted by Gasteiger charge is -2.49. The summed E-state index contributed by atoms with van der Waals surface area (Å²) in [6, 6.07) is 1.93. The SMILES string of the molecule is CC(=O)[C@H]1O[C@@H](Oc2ccc(/C=C(\C)C(=O)N[C@H]3[C@@H](O)[C@H](O)[C@@H]4OCO[C@@H]4[C@H]3O)cc2O)[C@@H](O)[C@@H]1O.CO/N=C(/C(=O)N[C@@H]1C(=O)N2C(C(=O)O)=C(COC(C)=O)CS[C@H]12)c1csc(N)n1. The Morgan fingerprint density at radius 2 is 1.68 bits per heavy atom. The Morgan fingerprint density at radius 3 is 2.27 bits per heavy atom. The topological polar surface area (TPSA) is 378 Å². The molecular weight excluding hydrogens is 921 g/mol. The van der Waals surface area contributed by atoms with Gasteiger partial charge in [-0.3, -0.25) is 28.9 Å². The van der Waals surface area contributed by atoms with Gasteiger partial charge in [-0.1, -0.05) is 11.2 Å². The van der Waals surface area contributed by atoms with Crippen molar-refractivity contribution < 1.29 is 93.0 Å². The molecule has 1 saturated carbocycles. The van der Waals surface area contributed by atoms with E-state index in [1.54, 1.807) is 0 Å². The van der Waals surface area contributed by atoms with Crippen molar-refractivity contribution in [2.75, 3.05) is 32.0 Å². The van der Waals surface area contributed by atoms with E-state index in [9.17, 15) is 64.5 Å². The van der Waals surface area contributed by atoms with E-state index in [2.05, 4.69) is 25.6 Å². The number of esters is 1. The van der Waals surface area contributed by atoms with Crippen LogP contribution in [0.15, 0.2) is 45.6 Å². The first-order valence-electron chi connectivity index (χ1n) is 19.7. The predicted octanol–water partition coefficient (Wildman–Crippen LogP) is -3.09. The lowest BCUT2D eigenvalue weighted by molar-refractivity contribution is -0.155. The smallest absolute Gasteiger partial charge is 0.352 e. The molecule has 4 aliphatic heterocycles. The summed E-state index contributed by atoms with van der Waals surface area (Å²) in [7, 11) is 1.25. The molecule has 3 amide bonds. The summed E-state index contributed by atoms with van der Waals surface area (Å²) in [5.74, 6) is -4.57. The van der Waals surface area contributed by atoms with Gasteiger partial charge < -0.3 is 80.6 Å². The number of anilines is 1. The van der Waals surface area contributed by atoms with Gasteiger partial charge in [0.15, 0.2) is 28.1 Å². The van der Waals surface area contributed by atoms with Crippen molar-refractivity contribution >= 4 is 75.5 Å². The Hall–Kier alpha value is -5.75. The molecule has 0 bridgehead atoms. The number of fused-ring (bicyclic) bond motifs is 2. The van der Waals surface area contributed by atoms with Gasteiger partial charge in [0.25, 0.3) is 11.8 Å². The molecule has 0 radical (unpaired) electrons. The summed E-state index contributed by atoms with van der Waals surface area (Å²) in [4.78, 5) is 82.0. The second-order valence-electron chi connectivity index (χ2n) is 15.1. The number of ketones is 1. The Balaban J connectivity index is 0.000000222. The van der Waals surface area contributed by atoms with Crippen LogP contribution in [0.2, 0.25) is 0 Å². The quantitative estimate of drug-likeness (QED) is 0.0313. The van der Waals surface area contributed by atoms with Crippen molar-refractivity contribution in [1.82, 2.24) is 20.5 Å². The standard InChI is InChI=1S/C23H29NO12.C16H17N5O7S2/c1-8(22(32)24-13-14(27)16(29)21-20(15(13)28)33-7-34-21)5-10-3-4-12(11(26)6-10)35-23-18(31)17(30)19(36-23)9(2)25;1-6(22)28-3-7-4-29-14-10(13(24)21(14)11(7)15(25)26)19-12(23)9(20-27-2)8-5-30-16(17)18-8/h3-6,13-21,23,26-31H,7H2,1-2H3,(H,24,32);5,10,14H,3-4H2,1-2H3,(H2,17,18)(H,19,23)(H,25,26)/b8-5+;20-9+/t13-,14+,15-,16-,17-,18-,19+,20+,21-,23+;10-,14-/m01/s1. The number of nitrogens with two attached hydrogens (primary N) is 1. The zero-order chi connectivity index (χ0) is 48.3. The molecule has 27 heteroatoms. The average molecular weight is 967 g/mol. The molecule has 4 fully saturated rings. The number of Topliss-reactive ketones (excluding diaryl/α,β-unsaturated/α-hetero) is 1. The highest BCUT2D eigenvalue weighted by Gasteiger charge is 2.55. The van der Waals surface area contributed by atoms with Crippen molar-refractivity contribution in [3.05, 3.63) is 51.7 Å². The molecule has 66 heavy (non-hydrogen) atoms. The van der Waals surface area contributed by atoms with Gasteiger partial charge in [-0.25, -0.2) is 9.78 Å². The Labute approximate surface area is 381 Å². The number of carbonyl (C=O) groups is 6. The highest BCUT2D eigenvalue weighted by atomic mass is 32.2. The number of rotatable bonds is 13. The molecule has 25 nitrogen and oxygen atoms in total. The first-order chi connectivity index (χ1) is 31.2. The third kappa shape index (κ3) is 10.4. The number of aromatic hydroxyl groups is 1. The van der Waals surface area contributed by atoms with E-state index in [-0.39, 0.29) is 58.5 Å². The lowest BCUT2D eigenvalue weighted by atomic mass is 9.83. The number of oxime groups is 1. The number of amides is 3. The molecule has 0 unspecified atom stereocenters. The fourth-order valence-corrected chi connectivity index (χ4v) is 9.22. The van der Waals surface area contributed by atoms with Crippen molar-refractivity contribution in [3.8, 4) is 11.5 Å². The summed E-state index contributed by atoms with van der Waals surface area (Å²) < 4.78 is 26.0. The van der Waals surface area contributed by atoms with Crippen molar-refractivity contribution in [3.63, 3.8) is 0 Å². The number of phenols is 1. The minimum Gasteiger partial charge on any atom is -0.504 e. The van der Waals surface area contributed by atoms with Gasteiger partial charge in [0.2, 0.25) is 12.2 Å². The van der Waals surface area contributed by atoms with Gasteiger partial charge in [-0.05, 0) is 37.6 Å². The summed E-state index contributed by atoms with van der Waals surface area (Å²) in [6.45, 7) is 3.50. The average Bonchev–Trinajstić information content (AvgIpc) is 4.01. The second kappa shape index (κ2) is 20.8. The minimum absolute atomic E-state index is 0.0921. The third-order valence-corrected chi connectivity index (χ3v) is 12.7. The van der Waals surface area contributed by atoms with E-state index in [4.69, 9.17) is 29.4 Å². The molecular formula is C39H46N6O19S2. The number of β-lactam (4-membered cyclic amide) rings is 1. The van der Waals surface area contributed by atoms with E-state index in [0.29, 0.717) is 11.1 Å². The number of aromatic nitrogens is 1. The lowest BCUT2D eigenvalue weighted by Crippen LogP contribution is -2.71. The molecule has 11 N–H and O–H groups in total. The number of nitrogens with zero attached hydrogens (tertiary/aromatic N) is 3. The molecule has 5 aliphatic rings. The molecule has 12 atom stereocenters. The number of thiazole rings is 1. The molecule has 2 aromatic rings. The number of carbonyl (C=O) groups excluding carboxylic acids is 5. The molecule has 0 spiro atoms. The fraction of sp³-hybridized carbons (Fsp3) is 0.487. The van der Waals surface area contributed by atoms with Crippen LogP contribution in [-0.4, -0.2) is 186 Å². The van der Waals surface area contributed by atoms with E-state index in [1.165, 1.54) is 69.3 Å². The predicted molar refractivity (Wildman–Crippen MR) is 225 cm³/mol. The summed E-state index contributed by atoms with van der Waals surface area (Å²) in [6.07, 6.45) is -10.2. The fourth-order valence-electron chi connectivity index (χ4n) is 7.35. The van der Waals surface area contributed by atoms with Crippen LogP contribution in [0, 0.1) is 0 Å². The van der Waals surface area contributed by atoms with E-state index in [0.717, 1.165) is 16.2 Å². The van der Waals surface area contributed by atoms with Crippen LogP contribution in [0.4, 0.5) is 5.13 Å². The number of aliphatic hydroxyl groups excluding tert-OH is 5. The first-order valence-corrected chi connectivity index (χ1v) is 21.6. The van der Waals surface area contributed by atoms with Crippen LogP contribution < -0.4 is 21.1 Å². The van der Waals surface area contributed by atoms with Crippen LogP contribution in [0.3, 0.4) is 0 Å². The number of carboxylic acids is 1. The number of aliphatic carboxylic acids is 1. The van der Waals surface area contributed by atoms with Crippen LogP contribution in [-0.2, 0) is 52.6 Å². The molecule has 1 aliphatic carbocycles. The Kier molecular flexibility index (Phi) is 15.7. The highest BCUT2D eigenvalue weighted by molar-refractivity contribution is 8.00. The first kappa shape index (κ1) is 49.7. The van der Waals surface area contributed by atoms with E-state index in [1.807, 2.05) is 0 Å². The number of hydrogen-bond acceptors (Lipinski definition) is 23. The molecule has 1 aromatic carbocycles. The summed E-state index contributed by atoms with van der Waals surface area (Å²) in [5, 5.41) is 80.7. The number of carboxylic acid groups (broad SMARTS) is 1. The second-order valence-corrected chi connectivity index (χ2v) is 17.1. The Morgan fingerprint density at radius 1 is 0.985 bits per heavy atom. The summed E-state index contributed by atoms with van der Waals surface area (Å²) >= 11 is 2.35. The number of benzene rings is 1. The number of thioether (sulfide) groups is 1. The number of nitrogens with one attached hydrogen (secondary N) is 2. The number of nitrogen functional groups attached to an aromatic ring is 1. The van der Waals surface area contributed by atoms with Crippen LogP contribution in [0.25, 0.3) is 6.08 Å². The normalized spacial score (nSPS) is 30.5. The molecule has 358 valence electrons. The zero-order valence-corrected chi connectivity index (χ0v) is 36.8. The zero-order valence-electron chi connectivity index (χ0n) is 35.2. The van der Waals surface area contributed by atoms with E-state index >= 15 is 0 Å². The highest BCUT2D eigenvalue weighted by Crippen LogP contribution is 2.41. The van der Waals surface area contributed by atoms with Gasteiger partial charge in [-0.15, -0.1) is 23.1 Å². The maximum atomic E-state index is 12.7. The van der Waals surface area contributed by atoms with Crippen LogP contribution >= 0.6 is 23.1 Å². The van der Waals surface area contributed by atoms with Gasteiger partial charge >= 0.3 is 11.9 Å². The molecule has 7 rings (SSSR count). The van der Waals surface area contributed by atoms with Gasteiger partial charge in [0.05, 0.1) is 6.04 Å². The van der Waals surface area contributed by atoms with E-state index < -0.39 is 108 Å². The number of hydrogen-bond donors (Lipinski definition) is 10. The van der Waals surface area contributed by atoms with Crippen molar-refractivity contribution in [1.29, 1.82) is 0 Å². The van der Waals surface area contributed by atoms with Crippen molar-refractivity contribution in [2.24, 2.45) is 5.16 Å². The molecule has 5 heterocycles. The van der Waals surface area contributed by atoms with Crippen molar-refractivity contribution in [2.45, 2.75) is 93.4 Å². The monoisotopic (exact) mass is 966 g/mol. The summed E-state index contributed by atoms with van der Waals surface area (Å²) in [5.41, 5.74) is 6.21. The van der Waals surface area contributed by atoms with Crippen LogP contribution in [0.5, 0.6) is 11.5 Å². The number of phenolic OH excluding ortho intramolecular Hbond substituents is 1. The molecule has 3 saturated heterocycles. The van der Waals surface area contributed by atoms with Gasteiger partial charge in [0, 0.05) is 29.2 Å².